The van der Waals surface area contributed by atoms with Crippen LogP contribution in [0.4, 0.5) is 0 Å². The van der Waals surface area contributed by atoms with Crippen LogP contribution in [0.15, 0.2) is 73.3 Å². The average Bonchev–Trinajstić information content (AvgIpc) is 3.29. The van der Waals surface area contributed by atoms with Gasteiger partial charge in [0.05, 0.1) is 11.6 Å². The van der Waals surface area contributed by atoms with Crippen molar-refractivity contribution in [1.29, 1.82) is 0 Å². The molecule has 4 rings (SSSR count). The highest BCUT2D eigenvalue weighted by molar-refractivity contribution is 6.36. The summed E-state index contributed by atoms with van der Waals surface area (Å²) in [5, 5.41) is 2.90. The molecule has 0 radical (unpaired) electrons. The molecule has 1 atom stereocenters. The van der Waals surface area contributed by atoms with Crippen molar-refractivity contribution in [2.45, 2.75) is 25.8 Å². The number of carbonyl (C=O) groups is 1. The van der Waals surface area contributed by atoms with Crippen molar-refractivity contribution in [1.82, 2.24) is 4.57 Å². The lowest BCUT2D eigenvalue weighted by molar-refractivity contribution is -0.683. The summed E-state index contributed by atoms with van der Waals surface area (Å²) in [5.41, 5.74) is 1.56. The molecular formula is C27H21Cl6N2O3+. The second kappa shape index (κ2) is 13.4. The Morgan fingerprint density at radius 2 is 1.50 bits per heavy atom. The molecule has 0 N–H and O–H groups in total. The Bertz CT molecular complexity index is 1440. The standard InChI is InChI=1S/C27H21Cl6N2O3/c28-18-2-1-17(23(31)9-18)14-37-27(22-5-3-19(29)10-24(22)32)13-35-8-7-34(16-35)12-21(36)15-38-26-6-4-20(30)11-25(26)33/h1-11,16,27H,12-15H2/q+1. The third kappa shape index (κ3) is 8.03. The van der Waals surface area contributed by atoms with Crippen LogP contribution in [0.2, 0.25) is 30.1 Å². The van der Waals surface area contributed by atoms with E-state index in [4.69, 9.17) is 79.1 Å². The first-order valence-corrected chi connectivity index (χ1v) is 13.6. The molecule has 11 heteroatoms. The van der Waals surface area contributed by atoms with Crippen molar-refractivity contribution in [3.8, 4) is 5.75 Å². The number of nitrogens with zero attached hydrogens (tertiary/aromatic N) is 2. The van der Waals surface area contributed by atoms with Crippen LogP contribution in [0.1, 0.15) is 17.2 Å². The third-order valence-corrected chi connectivity index (χ3v) is 7.21. The molecule has 0 saturated heterocycles. The van der Waals surface area contributed by atoms with Crippen molar-refractivity contribution in [3.63, 3.8) is 0 Å². The lowest BCUT2D eigenvalue weighted by Crippen LogP contribution is -2.37. The van der Waals surface area contributed by atoms with Gasteiger partial charge in [0.1, 0.15) is 30.8 Å². The van der Waals surface area contributed by atoms with Gasteiger partial charge in [-0.3, -0.25) is 4.79 Å². The molecule has 1 unspecified atom stereocenters. The monoisotopic (exact) mass is 631 g/mol. The van der Waals surface area contributed by atoms with Gasteiger partial charge in [-0.05, 0) is 48.0 Å². The molecule has 0 fully saturated rings. The number of carbonyl (C=O) groups excluding carboxylic acids is 1. The summed E-state index contributed by atoms with van der Waals surface area (Å²) in [6.45, 7) is 0.647. The van der Waals surface area contributed by atoms with Gasteiger partial charge in [-0.2, -0.15) is 0 Å². The van der Waals surface area contributed by atoms with E-state index < -0.39 is 6.10 Å². The maximum atomic E-state index is 12.5. The van der Waals surface area contributed by atoms with Crippen molar-refractivity contribution in [2.24, 2.45) is 0 Å². The SMILES string of the molecule is O=C(COc1ccc(Cl)cc1Cl)C[n+]1ccn(CC(OCc2ccc(Cl)cc2Cl)c2ccc(Cl)cc2Cl)c1. The fraction of sp³-hybridized carbons (Fsp3) is 0.185. The number of hydrogen-bond donors (Lipinski definition) is 0. The number of Topliss-reactive ketones (excluding diaryl/α,β-unsaturated/α-hetero) is 1. The first-order valence-electron chi connectivity index (χ1n) is 11.3. The molecule has 5 nitrogen and oxygen atoms in total. The minimum Gasteiger partial charge on any atom is -0.484 e. The highest BCUT2D eigenvalue weighted by atomic mass is 35.5. The number of imidazole rings is 1. The zero-order valence-corrected chi connectivity index (χ0v) is 24.3. The molecule has 0 aliphatic heterocycles. The summed E-state index contributed by atoms with van der Waals surface area (Å²) >= 11 is 37.0. The Morgan fingerprint density at radius 1 is 0.842 bits per heavy atom. The van der Waals surface area contributed by atoms with E-state index in [0.717, 1.165) is 11.1 Å². The summed E-state index contributed by atoms with van der Waals surface area (Å²) < 4.78 is 15.5. The minimum atomic E-state index is -0.432. The second-order valence-corrected chi connectivity index (χ2v) is 10.9. The zero-order valence-electron chi connectivity index (χ0n) is 19.7. The van der Waals surface area contributed by atoms with Crippen LogP contribution in [0.3, 0.4) is 0 Å². The van der Waals surface area contributed by atoms with Gasteiger partial charge in [-0.15, -0.1) is 0 Å². The van der Waals surface area contributed by atoms with E-state index in [1.54, 1.807) is 53.2 Å². The van der Waals surface area contributed by atoms with E-state index in [2.05, 4.69) is 0 Å². The van der Waals surface area contributed by atoms with E-state index in [9.17, 15) is 4.79 Å². The Hall–Kier alpha value is -1.96. The number of rotatable bonds is 11. The lowest BCUT2D eigenvalue weighted by Gasteiger charge is -2.19. The Morgan fingerprint density at radius 3 is 2.18 bits per heavy atom. The number of benzene rings is 3. The first kappa shape index (κ1) is 29.0. The average molecular weight is 634 g/mol. The highest BCUT2D eigenvalue weighted by Crippen LogP contribution is 2.32. The zero-order chi connectivity index (χ0) is 27.2. The summed E-state index contributed by atoms with van der Waals surface area (Å²) in [6.07, 6.45) is 5.02. The molecule has 0 aliphatic rings. The summed E-state index contributed by atoms with van der Waals surface area (Å²) in [4.78, 5) is 12.5. The molecule has 38 heavy (non-hydrogen) atoms. The van der Waals surface area contributed by atoms with Gasteiger partial charge in [0, 0.05) is 30.7 Å². The maximum absolute atomic E-state index is 12.5. The van der Waals surface area contributed by atoms with E-state index in [1.807, 2.05) is 29.2 Å². The van der Waals surface area contributed by atoms with Gasteiger partial charge in [-0.1, -0.05) is 81.7 Å². The fourth-order valence-corrected chi connectivity index (χ4v) is 5.12. The molecule has 0 aliphatic carbocycles. The summed E-state index contributed by atoms with van der Waals surface area (Å²) in [7, 11) is 0. The van der Waals surface area contributed by atoms with E-state index in [1.165, 1.54) is 0 Å². The van der Waals surface area contributed by atoms with Crippen LogP contribution in [0.5, 0.6) is 5.75 Å². The van der Waals surface area contributed by atoms with Crippen molar-refractivity contribution >= 4 is 75.4 Å². The molecule has 4 aromatic rings. The summed E-state index contributed by atoms with van der Waals surface area (Å²) in [5.74, 6) is 0.261. The predicted molar refractivity (Wildman–Crippen MR) is 152 cm³/mol. The van der Waals surface area contributed by atoms with Crippen molar-refractivity contribution < 1.29 is 18.8 Å². The number of hydrogen-bond acceptors (Lipinski definition) is 3. The predicted octanol–water partition coefficient (Wildman–Crippen LogP) is 8.30. The van der Waals surface area contributed by atoms with Gasteiger partial charge in [0.15, 0.2) is 13.2 Å². The fourth-order valence-electron chi connectivity index (χ4n) is 3.66. The summed E-state index contributed by atoms with van der Waals surface area (Å²) in [6, 6.07) is 15.3. The van der Waals surface area contributed by atoms with Gasteiger partial charge >= 0.3 is 0 Å². The van der Waals surface area contributed by atoms with E-state index in [0.29, 0.717) is 42.4 Å². The number of halogens is 6. The van der Waals surface area contributed by atoms with Crippen molar-refractivity contribution in [3.05, 3.63) is 115 Å². The Balaban J connectivity index is 1.43. The molecule has 0 spiro atoms. The molecule has 3 aromatic carbocycles. The number of ketones is 1. The Kier molecular flexibility index (Phi) is 10.2. The van der Waals surface area contributed by atoms with Crippen LogP contribution in [0.25, 0.3) is 0 Å². The van der Waals surface area contributed by atoms with Crippen LogP contribution in [-0.4, -0.2) is 17.0 Å². The van der Waals surface area contributed by atoms with Crippen LogP contribution in [-0.2, 0) is 29.2 Å². The molecule has 0 amide bonds. The third-order valence-electron chi connectivity index (χ3n) is 5.53. The Labute approximate surface area is 250 Å². The number of ether oxygens (including phenoxy) is 2. The van der Waals surface area contributed by atoms with Crippen LogP contribution in [0, 0.1) is 0 Å². The molecular weight excluding hydrogens is 613 g/mol. The van der Waals surface area contributed by atoms with Gasteiger partial charge < -0.3 is 9.47 Å². The minimum absolute atomic E-state index is 0.117. The van der Waals surface area contributed by atoms with Crippen molar-refractivity contribution in [2.75, 3.05) is 6.61 Å². The largest absolute Gasteiger partial charge is 0.484 e. The molecule has 0 saturated carbocycles. The number of aromatic nitrogens is 2. The van der Waals surface area contributed by atoms with Gasteiger partial charge in [0.2, 0.25) is 12.1 Å². The molecule has 1 aromatic heterocycles. The maximum Gasteiger partial charge on any atom is 0.244 e. The van der Waals surface area contributed by atoms with E-state index >= 15 is 0 Å². The topological polar surface area (TPSA) is 44.3 Å². The first-order chi connectivity index (χ1) is 18.2. The van der Waals surface area contributed by atoms with Crippen LogP contribution >= 0.6 is 69.6 Å². The van der Waals surface area contributed by atoms with Gasteiger partial charge in [0.25, 0.3) is 0 Å². The van der Waals surface area contributed by atoms with Gasteiger partial charge in [-0.25, -0.2) is 9.13 Å². The lowest BCUT2D eigenvalue weighted by atomic mass is 10.1. The normalized spacial score (nSPS) is 11.9. The quantitative estimate of drug-likeness (QED) is 0.156. The van der Waals surface area contributed by atoms with Crippen LogP contribution < -0.4 is 9.30 Å². The smallest absolute Gasteiger partial charge is 0.244 e. The molecule has 0 bridgehead atoms. The molecule has 198 valence electrons. The molecule has 1 heterocycles. The highest BCUT2D eigenvalue weighted by Gasteiger charge is 2.21. The van der Waals surface area contributed by atoms with E-state index in [-0.39, 0.29) is 25.5 Å². The second-order valence-electron chi connectivity index (χ2n) is 8.39.